The molecule has 1 aliphatic heterocycles. The summed E-state index contributed by atoms with van der Waals surface area (Å²) < 4.78 is 27.4. The highest BCUT2D eigenvalue weighted by atomic mass is 35.5. The van der Waals surface area contributed by atoms with E-state index in [2.05, 4.69) is 11.4 Å². The molecular formula is C22H25ClN2O3S. The van der Waals surface area contributed by atoms with Gasteiger partial charge in [0.1, 0.15) is 0 Å². The molecule has 1 aliphatic carbocycles. The van der Waals surface area contributed by atoms with Gasteiger partial charge in [0.2, 0.25) is 15.9 Å². The number of hydrogen-bond donors (Lipinski definition) is 1. The Morgan fingerprint density at radius 1 is 1.03 bits per heavy atom. The Morgan fingerprint density at radius 3 is 2.59 bits per heavy atom. The van der Waals surface area contributed by atoms with Gasteiger partial charge in [-0.15, -0.1) is 0 Å². The van der Waals surface area contributed by atoms with Crippen molar-refractivity contribution >= 4 is 33.2 Å². The number of halogens is 1. The van der Waals surface area contributed by atoms with Gasteiger partial charge in [-0.25, -0.2) is 8.42 Å². The monoisotopic (exact) mass is 432 g/mol. The van der Waals surface area contributed by atoms with Gasteiger partial charge in [-0.2, -0.15) is 4.31 Å². The van der Waals surface area contributed by atoms with Crippen LogP contribution in [0, 0.1) is 5.92 Å². The van der Waals surface area contributed by atoms with Crippen LogP contribution in [0.2, 0.25) is 5.02 Å². The first-order valence-electron chi connectivity index (χ1n) is 10.1. The van der Waals surface area contributed by atoms with Crippen molar-refractivity contribution < 1.29 is 13.2 Å². The summed E-state index contributed by atoms with van der Waals surface area (Å²) in [4.78, 5) is 13.2. The molecule has 1 heterocycles. The number of amides is 1. The molecule has 154 valence electrons. The van der Waals surface area contributed by atoms with E-state index in [0.29, 0.717) is 24.4 Å². The number of nitrogens with one attached hydrogen (secondary N) is 1. The molecule has 1 unspecified atom stereocenters. The van der Waals surface area contributed by atoms with Gasteiger partial charge in [-0.3, -0.25) is 4.79 Å². The lowest BCUT2D eigenvalue weighted by atomic mass is 9.90. The van der Waals surface area contributed by atoms with Crippen LogP contribution in [-0.2, 0) is 27.7 Å². The van der Waals surface area contributed by atoms with E-state index in [1.165, 1.54) is 34.0 Å². The summed E-state index contributed by atoms with van der Waals surface area (Å²) in [7, 11) is -3.64. The van der Waals surface area contributed by atoms with E-state index in [4.69, 9.17) is 11.6 Å². The van der Waals surface area contributed by atoms with Gasteiger partial charge < -0.3 is 5.32 Å². The first-order chi connectivity index (χ1) is 13.9. The molecule has 0 radical (unpaired) electrons. The largest absolute Gasteiger partial charge is 0.326 e. The zero-order valence-corrected chi connectivity index (χ0v) is 17.8. The normalized spacial score (nSPS) is 20.1. The molecule has 0 bridgehead atoms. The second kappa shape index (κ2) is 8.46. The van der Waals surface area contributed by atoms with Crippen LogP contribution in [0.5, 0.6) is 0 Å². The Labute approximate surface area is 177 Å². The fraction of sp³-hybridized carbons (Fsp3) is 0.409. The summed E-state index contributed by atoms with van der Waals surface area (Å²) in [6, 6.07) is 12.2. The highest BCUT2D eigenvalue weighted by Gasteiger charge is 2.33. The van der Waals surface area contributed by atoms with Crippen LogP contribution in [0.1, 0.15) is 36.8 Å². The highest BCUT2D eigenvalue weighted by molar-refractivity contribution is 7.89. The van der Waals surface area contributed by atoms with Crippen LogP contribution in [0.3, 0.4) is 0 Å². The van der Waals surface area contributed by atoms with E-state index in [9.17, 15) is 13.2 Å². The van der Waals surface area contributed by atoms with Gasteiger partial charge in [0.25, 0.3) is 0 Å². The van der Waals surface area contributed by atoms with Gasteiger partial charge in [0, 0.05) is 23.8 Å². The molecule has 2 aliphatic rings. The molecule has 1 atom stereocenters. The molecule has 5 nitrogen and oxygen atoms in total. The number of nitrogens with zero attached hydrogens (tertiary/aromatic N) is 1. The molecule has 1 N–H and O–H groups in total. The Bertz CT molecular complexity index is 1010. The quantitative estimate of drug-likeness (QED) is 0.784. The molecule has 29 heavy (non-hydrogen) atoms. The van der Waals surface area contributed by atoms with Gasteiger partial charge in [0.05, 0.1) is 10.8 Å². The third kappa shape index (κ3) is 4.34. The maximum absolute atomic E-state index is 13.0. The maximum Gasteiger partial charge on any atom is 0.243 e. The topological polar surface area (TPSA) is 66.5 Å². The molecule has 2 aromatic carbocycles. The summed E-state index contributed by atoms with van der Waals surface area (Å²) in [5.74, 6) is -0.453. The van der Waals surface area contributed by atoms with Crippen LogP contribution in [-0.4, -0.2) is 31.7 Å². The molecule has 0 aromatic heterocycles. The van der Waals surface area contributed by atoms with Gasteiger partial charge in [-0.05, 0) is 80.0 Å². The number of benzene rings is 2. The number of aryl methyl sites for hydroxylation is 1. The molecule has 4 rings (SSSR count). The Hall–Kier alpha value is -1.89. The van der Waals surface area contributed by atoms with Crippen molar-refractivity contribution in [2.24, 2.45) is 5.92 Å². The summed E-state index contributed by atoms with van der Waals surface area (Å²) in [6.07, 6.45) is 5.70. The van der Waals surface area contributed by atoms with Crippen molar-refractivity contribution in [3.8, 4) is 0 Å². The Kier molecular flexibility index (Phi) is 5.95. The average Bonchev–Trinajstić information content (AvgIpc) is 2.74. The minimum absolute atomic E-state index is 0.0972. The molecule has 0 spiro atoms. The maximum atomic E-state index is 13.0. The molecule has 7 heteroatoms. The van der Waals surface area contributed by atoms with E-state index in [1.54, 1.807) is 12.1 Å². The first-order valence-corrected chi connectivity index (χ1v) is 11.9. The number of carbonyl (C=O) groups excluding carboxylic acids is 1. The number of fused-ring (bicyclic) bond motifs is 1. The zero-order valence-electron chi connectivity index (χ0n) is 16.2. The third-order valence-electron chi connectivity index (χ3n) is 5.86. The number of rotatable bonds is 4. The minimum Gasteiger partial charge on any atom is -0.326 e. The second-order valence-corrected chi connectivity index (χ2v) is 10.2. The third-order valence-corrected chi connectivity index (χ3v) is 7.99. The summed E-state index contributed by atoms with van der Waals surface area (Å²) in [5, 5.41) is 3.57. The van der Waals surface area contributed by atoms with Crippen LogP contribution in [0.4, 0.5) is 5.69 Å². The van der Waals surface area contributed by atoms with Crippen LogP contribution in [0.15, 0.2) is 47.4 Å². The van der Waals surface area contributed by atoms with Crippen LogP contribution in [0.25, 0.3) is 0 Å². The molecule has 0 saturated carbocycles. The highest BCUT2D eigenvalue weighted by Crippen LogP contribution is 2.30. The van der Waals surface area contributed by atoms with Crippen molar-refractivity contribution in [3.63, 3.8) is 0 Å². The van der Waals surface area contributed by atoms with Crippen molar-refractivity contribution in [1.82, 2.24) is 4.31 Å². The minimum atomic E-state index is -3.64. The van der Waals surface area contributed by atoms with Crippen LogP contribution < -0.4 is 5.32 Å². The lowest BCUT2D eigenvalue weighted by molar-refractivity contribution is -0.120. The van der Waals surface area contributed by atoms with E-state index < -0.39 is 10.0 Å². The lowest BCUT2D eigenvalue weighted by Gasteiger charge is -2.31. The van der Waals surface area contributed by atoms with Crippen molar-refractivity contribution in [3.05, 3.63) is 58.6 Å². The Balaban J connectivity index is 1.48. The molecule has 1 fully saturated rings. The number of sulfonamides is 1. The van der Waals surface area contributed by atoms with E-state index in [1.807, 2.05) is 12.1 Å². The summed E-state index contributed by atoms with van der Waals surface area (Å²) in [6.45, 7) is 0.626. The summed E-state index contributed by atoms with van der Waals surface area (Å²) in [5.41, 5.74) is 3.42. The SMILES string of the molecule is O=C(Nc1cccc2c1CCCC2)C1CCCN(S(=O)(=O)c2ccc(Cl)cc2)C1. The standard InChI is InChI=1S/C22H25ClN2O3S/c23-18-10-12-19(13-11-18)29(27,28)25-14-4-7-17(15-25)22(26)24-21-9-3-6-16-5-1-2-8-20(16)21/h3,6,9-13,17H,1-2,4-5,7-8,14-15H2,(H,24,26). The van der Waals surface area contributed by atoms with Crippen molar-refractivity contribution in [1.29, 1.82) is 0 Å². The molecule has 2 aromatic rings. The molecule has 1 amide bonds. The predicted octanol–water partition coefficient (Wildman–Crippen LogP) is 4.26. The van der Waals surface area contributed by atoms with Crippen LogP contribution >= 0.6 is 11.6 Å². The number of piperidine rings is 1. The number of anilines is 1. The fourth-order valence-electron chi connectivity index (χ4n) is 4.26. The van der Waals surface area contributed by atoms with Crippen molar-refractivity contribution in [2.75, 3.05) is 18.4 Å². The lowest BCUT2D eigenvalue weighted by Crippen LogP contribution is -2.43. The first kappa shape index (κ1) is 20.4. The van der Waals surface area contributed by atoms with Gasteiger partial charge >= 0.3 is 0 Å². The van der Waals surface area contributed by atoms with E-state index >= 15 is 0 Å². The predicted molar refractivity (Wildman–Crippen MR) is 115 cm³/mol. The van der Waals surface area contributed by atoms with E-state index in [0.717, 1.165) is 24.9 Å². The molecular weight excluding hydrogens is 408 g/mol. The van der Waals surface area contributed by atoms with E-state index in [-0.39, 0.29) is 23.3 Å². The number of hydrogen-bond acceptors (Lipinski definition) is 3. The average molecular weight is 433 g/mol. The van der Waals surface area contributed by atoms with Gasteiger partial charge in [-0.1, -0.05) is 23.7 Å². The summed E-state index contributed by atoms with van der Waals surface area (Å²) >= 11 is 5.88. The fourth-order valence-corrected chi connectivity index (χ4v) is 5.91. The smallest absolute Gasteiger partial charge is 0.243 e. The second-order valence-electron chi connectivity index (χ2n) is 7.80. The zero-order chi connectivity index (χ0) is 20.4. The Morgan fingerprint density at radius 2 is 1.79 bits per heavy atom. The van der Waals surface area contributed by atoms with Gasteiger partial charge in [0.15, 0.2) is 0 Å². The molecule has 1 saturated heterocycles. The van der Waals surface area contributed by atoms with Crippen molar-refractivity contribution in [2.45, 2.75) is 43.4 Å². The number of carbonyl (C=O) groups is 1.